The molecule has 0 spiro atoms. The van der Waals surface area contributed by atoms with Gasteiger partial charge in [-0.05, 0) is 30.7 Å². The van der Waals surface area contributed by atoms with E-state index in [0.717, 1.165) is 13.1 Å². The van der Waals surface area contributed by atoms with Gasteiger partial charge in [-0.3, -0.25) is 0 Å². The number of nitrogens with one attached hydrogen (secondary N) is 2. The minimum atomic E-state index is 0.352. The van der Waals surface area contributed by atoms with Gasteiger partial charge in [-0.15, -0.1) is 0 Å². The second kappa shape index (κ2) is 7.07. The topological polar surface area (TPSA) is 24.1 Å². The Labute approximate surface area is 115 Å². The van der Waals surface area contributed by atoms with Gasteiger partial charge in [-0.25, -0.2) is 0 Å². The molecule has 0 aliphatic carbocycles. The maximum atomic E-state index is 3.55. The highest BCUT2D eigenvalue weighted by Crippen LogP contribution is 2.27. The fraction of sp³-hybridized carbons (Fsp3) is 0.294. The predicted molar refractivity (Wildman–Crippen MR) is 82.2 cm³/mol. The normalized spacial score (nSPS) is 12.3. The molecule has 0 fully saturated rings. The lowest BCUT2D eigenvalue weighted by Gasteiger charge is -2.18. The molecule has 19 heavy (non-hydrogen) atoms. The van der Waals surface area contributed by atoms with Crippen molar-refractivity contribution < 1.29 is 0 Å². The van der Waals surface area contributed by atoms with E-state index in [1.165, 1.54) is 16.7 Å². The van der Waals surface area contributed by atoms with Crippen molar-refractivity contribution in [2.45, 2.75) is 13.0 Å². The van der Waals surface area contributed by atoms with Gasteiger partial charge in [0.2, 0.25) is 0 Å². The first kappa shape index (κ1) is 13.8. The number of hydrogen-bond donors (Lipinski definition) is 2. The first-order valence-corrected chi connectivity index (χ1v) is 6.85. The molecule has 1 atom stereocenters. The van der Waals surface area contributed by atoms with E-state index in [1.807, 2.05) is 7.05 Å². The van der Waals surface area contributed by atoms with Crippen LogP contribution < -0.4 is 10.6 Å². The van der Waals surface area contributed by atoms with E-state index in [9.17, 15) is 0 Å². The van der Waals surface area contributed by atoms with Crippen molar-refractivity contribution in [3.63, 3.8) is 0 Å². The van der Waals surface area contributed by atoms with Gasteiger partial charge in [0, 0.05) is 19.1 Å². The molecule has 0 aromatic heterocycles. The van der Waals surface area contributed by atoms with Crippen LogP contribution in [0.3, 0.4) is 0 Å². The molecule has 0 amide bonds. The SMILES string of the molecule is CNCCNC(C)c1ccccc1-c1ccccc1. The molecule has 2 aromatic rings. The van der Waals surface area contributed by atoms with Gasteiger partial charge < -0.3 is 10.6 Å². The molecule has 2 nitrogen and oxygen atoms in total. The third kappa shape index (κ3) is 3.66. The Kier molecular flexibility index (Phi) is 5.13. The lowest BCUT2D eigenvalue weighted by molar-refractivity contribution is 0.563. The highest BCUT2D eigenvalue weighted by Gasteiger charge is 2.10. The molecular weight excluding hydrogens is 232 g/mol. The van der Waals surface area contributed by atoms with Crippen LogP contribution in [-0.2, 0) is 0 Å². The molecule has 0 saturated heterocycles. The van der Waals surface area contributed by atoms with E-state index in [4.69, 9.17) is 0 Å². The van der Waals surface area contributed by atoms with Crippen LogP contribution in [0.2, 0.25) is 0 Å². The lowest BCUT2D eigenvalue weighted by atomic mass is 9.95. The summed E-state index contributed by atoms with van der Waals surface area (Å²) in [4.78, 5) is 0. The third-order valence-corrected chi connectivity index (χ3v) is 3.34. The van der Waals surface area contributed by atoms with Gasteiger partial charge in [0.1, 0.15) is 0 Å². The van der Waals surface area contributed by atoms with E-state index in [0.29, 0.717) is 6.04 Å². The largest absolute Gasteiger partial charge is 0.318 e. The molecule has 2 heteroatoms. The summed E-state index contributed by atoms with van der Waals surface area (Å²) >= 11 is 0. The van der Waals surface area contributed by atoms with Crippen LogP contribution >= 0.6 is 0 Å². The minimum absolute atomic E-state index is 0.352. The van der Waals surface area contributed by atoms with Crippen molar-refractivity contribution in [2.24, 2.45) is 0 Å². The maximum Gasteiger partial charge on any atom is 0.0298 e. The van der Waals surface area contributed by atoms with Gasteiger partial charge in [0.15, 0.2) is 0 Å². The van der Waals surface area contributed by atoms with Gasteiger partial charge in [0.05, 0.1) is 0 Å². The summed E-state index contributed by atoms with van der Waals surface area (Å²) in [7, 11) is 1.98. The van der Waals surface area contributed by atoms with Crippen LogP contribution in [0.1, 0.15) is 18.5 Å². The molecule has 0 aliphatic rings. The lowest BCUT2D eigenvalue weighted by Crippen LogP contribution is -2.27. The van der Waals surface area contributed by atoms with Crippen LogP contribution in [0.15, 0.2) is 54.6 Å². The standard InChI is InChI=1S/C17H22N2/c1-14(19-13-12-18-2)16-10-6-7-11-17(16)15-8-4-3-5-9-15/h3-11,14,18-19H,12-13H2,1-2H3. The summed E-state index contributed by atoms with van der Waals surface area (Å²) in [5, 5.41) is 6.71. The summed E-state index contributed by atoms with van der Waals surface area (Å²) in [5.74, 6) is 0. The van der Waals surface area contributed by atoms with Crippen molar-refractivity contribution in [2.75, 3.05) is 20.1 Å². The highest BCUT2D eigenvalue weighted by atomic mass is 14.9. The monoisotopic (exact) mass is 254 g/mol. The van der Waals surface area contributed by atoms with E-state index < -0.39 is 0 Å². The van der Waals surface area contributed by atoms with Gasteiger partial charge in [0.25, 0.3) is 0 Å². The van der Waals surface area contributed by atoms with Crippen molar-refractivity contribution in [1.82, 2.24) is 10.6 Å². The van der Waals surface area contributed by atoms with Crippen LogP contribution in [0.25, 0.3) is 11.1 Å². The van der Waals surface area contributed by atoms with Crippen molar-refractivity contribution in [3.05, 3.63) is 60.2 Å². The first-order chi connectivity index (χ1) is 9.33. The fourth-order valence-corrected chi connectivity index (χ4v) is 2.28. The summed E-state index contributed by atoms with van der Waals surface area (Å²) in [6.45, 7) is 4.18. The molecule has 2 aromatic carbocycles. The quantitative estimate of drug-likeness (QED) is 0.773. The molecule has 0 radical (unpaired) electrons. The molecule has 0 aliphatic heterocycles. The van der Waals surface area contributed by atoms with Gasteiger partial charge in [-0.1, -0.05) is 54.6 Å². The summed E-state index contributed by atoms with van der Waals surface area (Å²) in [6.07, 6.45) is 0. The molecule has 2 N–H and O–H groups in total. The summed E-state index contributed by atoms with van der Waals surface area (Å²) in [5.41, 5.74) is 3.94. The number of benzene rings is 2. The van der Waals surface area contributed by atoms with E-state index in [2.05, 4.69) is 72.2 Å². The zero-order chi connectivity index (χ0) is 13.5. The summed E-state index contributed by atoms with van der Waals surface area (Å²) in [6, 6.07) is 19.5. The Morgan fingerprint density at radius 2 is 1.58 bits per heavy atom. The Hall–Kier alpha value is -1.64. The Morgan fingerprint density at radius 1 is 0.895 bits per heavy atom. The predicted octanol–water partition coefficient (Wildman–Crippen LogP) is 3.22. The van der Waals surface area contributed by atoms with Crippen LogP contribution in [0.4, 0.5) is 0 Å². The fourth-order valence-electron chi connectivity index (χ4n) is 2.28. The van der Waals surface area contributed by atoms with E-state index >= 15 is 0 Å². The van der Waals surface area contributed by atoms with Crippen LogP contribution in [0, 0.1) is 0 Å². The Morgan fingerprint density at radius 3 is 2.32 bits per heavy atom. The number of hydrogen-bond acceptors (Lipinski definition) is 2. The highest BCUT2D eigenvalue weighted by molar-refractivity contribution is 5.67. The third-order valence-electron chi connectivity index (χ3n) is 3.34. The first-order valence-electron chi connectivity index (χ1n) is 6.85. The minimum Gasteiger partial charge on any atom is -0.318 e. The zero-order valence-corrected chi connectivity index (χ0v) is 11.7. The van der Waals surface area contributed by atoms with E-state index in [1.54, 1.807) is 0 Å². The molecule has 0 bridgehead atoms. The maximum absolute atomic E-state index is 3.55. The van der Waals surface area contributed by atoms with Gasteiger partial charge >= 0.3 is 0 Å². The summed E-state index contributed by atoms with van der Waals surface area (Å²) < 4.78 is 0. The average Bonchev–Trinajstić information content (AvgIpc) is 2.48. The second-order valence-corrected chi connectivity index (χ2v) is 4.73. The van der Waals surface area contributed by atoms with Crippen LogP contribution in [-0.4, -0.2) is 20.1 Å². The van der Waals surface area contributed by atoms with Crippen molar-refractivity contribution >= 4 is 0 Å². The van der Waals surface area contributed by atoms with Crippen molar-refractivity contribution in [1.29, 1.82) is 0 Å². The Balaban J connectivity index is 2.21. The molecule has 1 unspecified atom stereocenters. The van der Waals surface area contributed by atoms with E-state index in [-0.39, 0.29) is 0 Å². The van der Waals surface area contributed by atoms with Gasteiger partial charge in [-0.2, -0.15) is 0 Å². The number of likely N-dealkylation sites (N-methyl/N-ethyl adjacent to an activating group) is 1. The average molecular weight is 254 g/mol. The van der Waals surface area contributed by atoms with Crippen molar-refractivity contribution in [3.8, 4) is 11.1 Å². The molecule has 2 rings (SSSR count). The smallest absolute Gasteiger partial charge is 0.0298 e. The Bertz CT molecular complexity index is 494. The van der Waals surface area contributed by atoms with Crippen LogP contribution in [0.5, 0.6) is 0 Å². The molecule has 100 valence electrons. The zero-order valence-electron chi connectivity index (χ0n) is 11.7. The number of rotatable bonds is 6. The molecule has 0 heterocycles. The molecular formula is C17H22N2. The second-order valence-electron chi connectivity index (χ2n) is 4.73. The molecule has 0 saturated carbocycles.